The van der Waals surface area contributed by atoms with Gasteiger partial charge < -0.3 is 5.73 Å². The highest BCUT2D eigenvalue weighted by Crippen LogP contribution is 2.26. The van der Waals surface area contributed by atoms with E-state index in [1.54, 1.807) is 6.07 Å². The zero-order valence-corrected chi connectivity index (χ0v) is 12.1. The van der Waals surface area contributed by atoms with Crippen LogP contribution in [0, 0.1) is 0 Å². The largest absolute Gasteiger partial charge is 0.320 e. The van der Waals surface area contributed by atoms with Crippen molar-refractivity contribution in [2.75, 3.05) is 0 Å². The van der Waals surface area contributed by atoms with Gasteiger partial charge in [-0.15, -0.1) is 0 Å². The number of fused-ring (bicyclic) bond motifs is 1. The Bertz CT molecular complexity index is 798. The highest BCUT2D eigenvalue weighted by atomic mass is 19.3. The molecule has 0 bridgehead atoms. The lowest BCUT2D eigenvalue weighted by Crippen LogP contribution is -2.15. The zero-order valence-electron chi connectivity index (χ0n) is 12.1. The Labute approximate surface area is 126 Å². The molecule has 4 nitrogen and oxygen atoms in total. The average molecular weight is 302 g/mol. The maximum absolute atomic E-state index is 13.0. The van der Waals surface area contributed by atoms with Gasteiger partial charge in [0.05, 0.1) is 23.4 Å². The fourth-order valence-corrected chi connectivity index (χ4v) is 2.59. The summed E-state index contributed by atoms with van der Waals surface area (Å²) in [5.41, 5.74) is 9.70. The first-order chi connectivity index (χ1) is 10.6. The van der Waals surface area contributed by atoms with Crippen LogP contribution in [-0.2, 0) is 6.42 Å². The van der Waals surface area contributed by atoms with E-state index in [-0.39, 0.29) is 0 Å². The van der Waals surface area contributed by atoms with Gasteiger partial charge in [-0.3, -0.25) is 9.55 Å². The monoisotopic (exact) mass is 302 g/mol. The number of rotatable bonds is 4. The lowest BCUT2D eigenvalue weighted by molar-refractivity contribution is 0.0746. The summed E-state index contributed by atoms with van der Waals surface area (Å²) in [6, 6.07) is 8.96. The Balaban J connectivity index is 2.07. The quantitative estimate of drug-likeness (QED) is 0.803. The van der Waals surface area contributed by atoms with Crippen molar-refractivity contribution in [1.29, 1.82) is 0 Å². The highest BCUT2D eigenvalue weighted by molar-refractivity contribution is 5.75. The van der Waals surface area contributed by atoms with Gasteiger partial charge in [0.15, 0.2) is 0 Å². The lowest BCUT2D eigenvalue weighted by atomic mass is 9.96. The molecular weight excluding hydrogens is 286 g/mol. The molecule has 0 aliphatic carbocycles. The predicted octanol–water partition coefficient (Wildman–Crippen LogP) is 3.44. The summed E-state index contributed by atoms with van der Waals surface area (Å²) >= 11 is 0. The molecular formula is C16H16F2N4. The van der Waals surface area contributed by atoms with E-state index >= 15 is 0 Å². The minimum absolute atomic E-state index is 0.337. The molecule has 0 spiro atoms. The van der Waals surface area contributed by atoms with Crippen LogP contribution in [0.1, 0.15) is 36.3 Å². The van der Waals surface area contributed by atoms with Crippen molar-refractivity contribution in [3.63, 3.8) is 0 Å². The van der Waals surface area contributed by atoms with Crippen LogP contribution in [0.4, 0.5) is 8.78 Å². The first-order valence-corrected chi connectivity index (χ1v) is 7.05. The second-order valence-electron chi connectivity index (χ2n) is 5.06. The molecule has 0 aliphatic heterocycles. The third-order valence-electron chi connectivity index (χ3n) is 3.78. The molecule has 3 aromatic rings. The number of hydrogen-bond acceptors (Lipinski definition) is 3. The van der Waals surface area contributed by atoms with Gasteiger partial charge in [0, 0.05) is 0 Å². The summed E-state index contributed by atoms with van der Waals surface area (Å²) in [4.78, 5) is 8.21. The number of alkyl halides is 2. The average Bonchev–Trinajstić information content (AvgIpc) is 2.97. The van der Waals surface area contributed by atoms with Gasteiger partial charge >= 0.3 is 6.55 Å². The Morgan fingerprint density at radius 2 is 2.00 bits per heavy atom. The van der Waals surface area contributed by atoms with Gasteiger partial charge in [0.2, 0.25) is 0 Å². The SMILES string of the molecule is CCc1ccccc1C(N)c1cc2c(cn1)ncn2C(F)F. The molecule has 1 atom stereocenters. The first kappa shape index (κ1) is 14.6. The third kappa shape index (κ3) is 2.46. The van der Waals surface area contributed by atoms with Crippen LogP contribution in [0.5, 0.6) is 0 Å². The van der Waals surface area contributed by atoms with E-state index < -0.39 is 12.6 Å². The molecule has 2 N–H and O–H groups in total. The maximum Gasteiger partial charge on any atom is 0.320 e. The molecule has 3 rings (SSSR count). The van der Waals surface area contributed by atoms with Crippen molar-refractivity contribution in [2.24, 2.45) is 5.73 Å². The van der Waals surface area contributed by atoms with E-state index in [0.717, 1.165) is 28.4 Å². The van der Waals surface area contributed by atoms with E-state index in [0.29, 0.717) is 16.7 Å². The van der Waals surface area contributed by atoms with Crippen molar-refractivity contribution < 1.29 is 8.78 Å². The number of hydrogen-bond donors (Lipinski definition) is 1. The summed E-state index contributed by atoms with van der Waals surface area (Å²) in [6.45, 7) is -0.590. The van der Waals surface area contributed by atoms with Crippen LogP contribution in [0.2, 0.25) is 0 Å². The second kappa shape index (κ2) is 5.81. The van der Waals surface area contributed by atoms with Crippen LogP contribution < -0.4 is 5.73 Å². The third-order valence-corrected chi connectivity index (χ3v) is 3.78. The van der Waals surface area contributed by atoms with Gasteiger partial charge in [-0.25, -0.2) is 4.98 Å². The van der Waals surface area contributed by atoms with E-state index in [9.17, 15) is 8.78 Å². The van der Waals surface area contributed by atoms with E-state index in [1.165, 1.54) is 6.20 Å². The number of imidazole rings is 1. The molecule has 1 aromatic carbocycles. The summed E-state index contributed by atoms with van der Waals surface area (Å²) in [7, 11) is 0. The summed E-state index contributed by atoms with van der Waals surface area (Å²) in [5.74, 6) is 0. The van der Waals surface area contributed by atoms with Gasteiger partial charge in [-0.2, -0.15) is 8.78 Å². The lowest BCUT2D eigenvalue weighted by Gasteiger charge is -2.15. The number of nitrogens with zero attached hydrogens (tertiary/aromatic N) is 3. The zero-order chi connectivity index (χ0) is 15.7. The highest BCUT2D eigenvalue weighted by Gasteiger charge is 2.17. The number of benzene rings is 1. The molecule has 2 heterocycles. The van der Waals surface area contributed by atoms with Gasteiger partial charge in [0.1, 0.15) is 11.8 Å². The molecule has 6 heteroatoms. The van der Waals surface area contributed by atoms with E-state index in [2.05, 4.69) is 9.97 Å². The summed E-state index contributed by atoms with van der Waals surface area (Å²) < 4.78 is 26.8. The molecule has 0 saturated heterocycles. The molecule has 0 saturated carbocycles. The standard InChI is InChI=1S/C16H16F2N4/c1-2-10-5-3-4-6-11(10)15(19)12-7-14-13(8-20-12)21-9-22(14)16(17)18/h3-9,15-16H,2,19H2,1H3. The Kier molecular flexibility index (Phi) is 3.85. The minimum Gasteiger partial charge on any atom is -0.319 e. The number of halogens is 2. The van der Waals surface area contributed by atoms with Crippen LogP contribution >= 0.6 is 0 Å². The number of pyridine rings is 1. The Hall–Kier alpha value is -2.34. The molecule has 2 aromatic heterocycles. The summed E-state index contributed by atoms with van der Waals surface area (Å²) in [6.07, 6.45) is 3.45. The molecule has 1 unspecified atom stereocenters. The van der Waals surface area contributed by atoms with E-state index in [4.69, 9.17) is 5.73 Å². The van der Waals surface area contributed by atoms with Crippen molar-refractivity contribution >= 4 is 11.0 Å². The Morgan fingerprint density at radius 1 is 1.23 bits per heavy atom. The van der Waals surface area contributed by atoms with Crippen molar-refractivity contribution in [2.45, 2.75) is 25.9 Å². The number of aryl methyl sites for hydroxylation is 1. The smallest absolute Gasteiger partial charge is 0.319 e. The van der Waals surface area contributed by atoms with Crippen LogP contribution in [0.3, 0.4) is 0 Å². The maximum atomic E-state index is 13.0. The summed E-state index contributed by atoms with van der Waals surface area (Å²) in [5, 5.41) is 0. The van der Waals surface area contributed by atoms with Crippen molar-refractivity contribution in [3.05, 3.63) is 59.7 Å². The second-order valence-corrected chi connectivity index (χ2v) is 5.06. The van der Waals surface area contributed by atoms with Crippen LogP contribution in [0.15, 0.2) is 42.9 Å². The molecule has 0 fully saturated rings. The number of nitrogens with two attached hydrogens (primary N) is 1. The minimum atomic E-state index is -2.64. The van der Waals surface area contributed by atoms with Crippen molar-refractivity contribution in [1.82, 2.24) is 14.5 Å². The molecule has 0 amide bonds. The molecule has 114 valence electrons. The first-order valence-electron chi connectivity index (χ1n) is 7.05. The molecule has 0 radical (unpaired) electrons. The molecule has 0 aliphatic rings. The topological polar surface area (TPSA) is 56.7 Å². The fourth-order valence-electron chi connectivity index (χ4n) is 2.59. The van der Waals surface area contributed by atoms with E-state index in [1.807, 2.05) is 31.2 Å². The van der Waals surface area contributed by atoms with Crippen LogP contribution in [0.25, 0.3) is 11.0 Å². The predicted molar refractivity (Wildman–Crippen MR) is 80.6 cm³/mol. The molecule has 22 heavy (non-hydrogen) atoms. The van der Waals surface area contributed by atoms with Gasteiger partial charge in [0.25, 0.3) is 0 Å². The van der Waals surface area contributed by atoms with Crippen LogP contribution in [-0.4, -0.2) is 14.5 Å². The van der Waals surface area contributed by atoms with Crippen molar-refractivity contribution in [3.8, 4) is 0 Å². The Morgan fingerprint density at radius 3 is 2.73 bits per heavy atom. The van der Waals surface area contributed by atoms with Gasteiger partial charge in [-0.05, 0) is 23.6 Å². The number of aromatic nitrogens is 3. The normalized spacial score (nSPS) is 13.0. The van der Waals surface area contributed by atoms with Gasteiger partial charge in [-0.1, -0.05) is 31.2 Å². The fraction of sp³-hybridized carbons (Fsp3) is 0.250.